The third kappa shape index (κ3) is 2.76. The summed E-state index contributed by atoms with van der Waals surface area (Å²) in [6, 6.07) is 16.8. The van der Waals surface area contributed by atoms with E-state index in [1.165, 1.54) is 16.7 Å². The van der Waals surface area contributed by atoms with E-state index in [4.69, 9.17) is 0 Å². The van der Waals surface area contributed by atoms with E-state index < -0.39 is 0 Å². The van der Waals surface area contributed by atoms with E-state index in [1.807, 2.05) is 19.1 Å². The Morgan fingerprint density at radius 2 is 1.84 bits per heavy atom. The van der Waals surface area contributed by atoms with Crippen molar-refractivity contribution in [2.45, 2.75) is 26.8 Å². The van der Waals surface area contributed by atoms with Gasteiger partial charge in [-0.2, -0.15) is 5.26 Å². The van der Waals surface area contributed by atoms with E-state index in [0.29, 0.717) is 11.5 Å². The zero-order chi connectivity index (χ0) is 17.4. The third-order valence-electron chi connectivity index (χ3n) is 4.70. The lowest BCUT2D eigenvalue weighted by molar-refractivity contribution is 0.697. The van der Waals surface area contributed by atoms with Gasteiger partial charge in [-0.05, 0) is 43.0 Å². The predicted molar refractivity (Wildman–Crippen MR) is 96.7 cm³/mol. The maximum absolute atomic E-state index is 9.53. The minimum atomic E-state index is 0.374. The molecule has 0 saturated carbocycles. The lowest BCUT2D eigenvalue weighted by atomic mass is 10.00. The van der Waals surface area contributed by atoms with Gasteiger partial charge in [-0.25, -0.2) is 0 Å². The molecule has 5 nitrogen and oxygen atoms in total. The number of aryl methyl sites for hydroxylation is 2. The molecule has 3 aromatic rings. The Balaban J connectivity index is 1.72. The molecule has 1 aliphatic heterocycles. The molecule has 0 bridgehead atoms. The molecule has 124 valence electrons. The topological polar surface area (TPSA) is 57.7 Å². The van der Waals surface area contributed by atoms with Crippen molar-refractivity contribution in [1.29, 1.82) is 5.26 Å². The quantitative estimate of drug-likeness (QED) is 0.724. The van der Waals surface area contributed by atoms with Crippen LogP contribution < -0.4 is 4.90 Å². The zero-order valence-corrected chi connectivity index (χ0v) is 14.4. The summed E-state index contributed by atoms with van der Waals surface area (Å²) in [6.45, 7) is 5.70. The highest BCUT2D eigenvalue weighted by atomic mass is 15.5. The van der Waals surface area contributed by atoms with Gasteiger partial charge in [0.2, 0.25) is 5.69 Å². The number of benzene rings is 2. The Kier molecular flexibility index (Phi) is 3.73. The molecule has 25 heavy (non-hydrogen) atoms. The van der Waals surface area contributed by atoms with Crippen LogP contribution in [0.5, 0.6) is 0 Å². The van der Waals surface area contributed by atoms with E-state index in [1.54, 1.807) is 4.80 Å². The van der Waals surface area contributed by atoms with E-state index in [-0.39, 0.29) is 0 Å². The molecule has 0 unspecified atom stereocenters. The monoisotopic (exact) mass is 329 g/mol. The first-order valence-corrected chi connectivity index (χ1v) is 8.42. The van der Waals surface area contributed by atoms with Gasteiger partial charge in [-0.15, -0.1) is 15.0 Å². The van der Waals surface area contributed by atoms with Crippen LogP contribution in [0.1, 0.15) is 27.9 Å². The van der Waals surface area contributed by atoms with Crippen LogP contribution in [0.15, 0.2) is 42.5 Å². The van der Waals surface area contributed by atoms with Gasteiger partial charge in [0.25, 0.3) is 0 Å². The number of nitrogens with zero attached hydrogens (tertiary/aromatic N) is 5. The lowest BCUT2D eigenvalue weighted by Crippen LogP contribution is -2.31. The third-order valence-corrected chi connectivity index (χ3v) is 4.70. The summed E-state index contributed by atoms with van der Waals surface area (Å²) in [6.07, 6.45) is 0.956. The fraction of sp³-hybridized carbons (Fsp3) is 0.250. The summed E-state index contributed by atoms with van der Waals surface area (Å²) >= 11 is 0. The Morgan fingerprint density at radius 1 is 1.04 bits per heavy atom. The van der Waals surface area contributed by atoms with Gasteiger partial charge in [-0.1, -0.05) is 42.0 Å². The summed E-state index contributed by atoms with van der Waals surface area (Å²) in [4.78, 5) is 3.73. The molecule has 0 fully saturated rings. The van der Waals surface area contributed by atoms with Gasteiger partial charge in [-0.3, -0.25) is 0 Å². The first-order chi connectivity index (χ1) is 12.2. The molecule has 4 rings (SSSR count). The zero-order valence-electron chi connectivity index (χ0n) is 14.4. The highest BCUT2D eigenvalue weighted by Gasteiger charge is 2.23. The summed E-state index contributed by atoms with van der Waals surface area (Å²) in [5.74, 6) is 0.664. The van der Waals surface area contributed by atoms with Crippen molar-refractivity contribution in [1.82, 2.24) is 15.0 Å². The van der Waals surface area contributed by atoms with Crippen LogP contribution in [0.2, 0.25) is 0 Å². The van der Waals surface area contributed by atoms with Gasteiger partial charge >= 0.3 is 0 Å². The minimum absolute atomic E-state index is 0.374. The van der Waals surface area contributed by atoms with Gasteiger partial charge in [0.1, 0.15) is 6.07 Å². The lowest BCUT2D eigenvalue weighted by Gasteiger charge is -2.28. The molecule has 1 aliphatic rings. The van der Waals surface area contributed by atoms with Crippen LogP contribution in [0.25, 0.3) is 5.69 Å². The molecule has 0 amide bonds. The van der Waals surface area contributed by atoms with Gasteiger partial charge in [0.05, 0.1) is 5.69 Å². The fourth-order valence-corrected chi connectivity index (χ4v) is 3.40. The molecule has 0 spiro atoms. The van der Waals surface area contributed by atoms with E-state index in [0.717, 1.165) is 30.8 Å². The van der Waals surface area contributed by atoms with Crippen molar-refractivity contribution in [3.8, 4) is 11.8 Å². The normalized spacial score (nSPS) is 13.4. The largest absolute Gasteiger partial charge is 0.348 e. The van der Waals surface area contributed by atoms with Crippen LogP contribution >= 0.6 is 0 Å². The van der Waals surface area contributed by atoms with Gasteiger partial charge in [0.15, 0.2) is 5.82 Å². The number of fused-ring (bicyclic) bond motifs is 1. The molecule has 0 atom stereocenters. The van der Waals surface area contributed by atoms with Crippen molar-refractivity contribution in [3.05, 3.63) is 70.4 Å². The van der Waals surface area contributed by atoms with Crippen LogP contribution in [0.3, 0.4) is 0 Å². The molecule has 0 aliphatic carbocycles. The molecule has 2 heterocycles. The summed E-state index contributed by atoms with van der Waals surface area (Å²) in [5.41, 5.74) is 6.24. The van der Waals surface area contributed by atoms with Crippen LogP contribution in [-0.4, -0.2) is 21.5 Å². The fourth-order valence-electron chi connectivity index (χ4n) is 3.40. The number of hydrogen-bond donors (Lipinski definition) is 0. The Labute approximate surface area is 147 Å². The Morgan fingerprint density at radius 3 is 2.60 bits per heavy atom. The van der Waals surface area contributed by atoms with E-state index in [2.05, 4.69) is 58.4 Å². The first kappa shape index (κ1) is 15.4. The maximum Gasteiger partial charge on any atom is 0.207 e. The number of nitriles is 1. The number of anilines is 1. The van der Waals surface area contributed by atoms with E-state index in [9.17, 15) is 5.26 Å². The molecule has 2 aromatic carbocycles. The Bertz CT molecular complexity index is 980. The molecular formula is C20H19N5. The average molecular weight is 329 g/mol. The summed E-state index contributed by atoms with van der Waals surface area (Å²) in [7, 11) is 0. The number of rotatable bonds is 2. The van der Waals surface area contributed by atoms with Crippen LogP contribution in [0, 0.1) is 25.2 Å². The van der Waals surface area contributed by atoms with Crippen LogP contribution in [-0.2, 0) is 13.0 Å². The van der Waals surface area contributed by atoms with Crippen molar-refractivity contribution < 1.29 is 0 Å². The van der Waals surface area contributed by atoms with Crippen molar-refractivity contribution in [2.75, 3.05) is 11.4 Å². The van der Waals surface area contributed by atoms with Gasteiger partial charge in [0, 0.05) is 13.1 Å². The highest BCUT2D eigenvalue weighted by molar-refractivity contribution is 5.53. The second-order valence-electron chi connectivity index (χ2n) is 6.50. The number of aromatic nitrogens is 3. The standard InChI is InChI=1S/C20H19N5/c1-14-7-8-19(15(2)11-14)25-22-18(12-21)20(23-25)24-10-9-16-5-3-4-6-17(16)13-24/h3-8,11H,9-10,13H2,1-2H3. The second kappa shape index (κ2) is 6.06. The second-order valence-corrected chi connectivity index (χ2v) is 6.50. The molecule has 0 N–H and O–H groups in total. The molecule has 0 radical (unpaired) electrons. The molecule has 5 heteroatoms. The smallest absolute Gasteiger partial charge is 0.207 e. The van der Waals surface area contributed by atoms with Crippen molar-refractivity contribution in [3.63, 3.8) is 0 Å². The Hall–Kier alpha value is -3.13. The first-order valence-electron chi connectivity index (χ1n) is 8.42. The highest BCUT2D eigenvalue weighted by Crippen LogP contribution is 2.26. The van der Waals surface area contributed by atoms with Crippen LogP contribution in [0.4, 0.5) is 5.82 Å². The molecular weight excluding hydrogens is 310 g/mol. The molecule has 1 aromatic heterocycles. The van der Waals surface area contributed by atoms with Gasteiger partial charge < -0.3 is 4.90 Å². The molecule has 0 saturated heterocycles. The summed E-state index contributed by atoms with van der Waals surface area (Å²) < 4.78 is 0. The minimum Gasteiger partial charge on any atom is -0.348 e. The maximum atomic E-state index is 9.53. The average Bonchev–Trinajstić information content (AvgIpc) is 3.05. The van der Waals surface area contributed by atoms with E-state index >= 15 is 0 Å². The number of hydrogen-bond acceptors (Lipinski definition) is 4. The van der Waals surface area contributed by atoms with Crippen molar-refractivity contribution >= 4 is 5.82 Å². The SMILES string of the molecule is Cc1ccc(-n2nc(C#N)c(N3CCc4ccccc4C3)n2)c(C)c1. The summed E-state index contributed by atoms with van der Waals surface area (Å²) in [5, 5.41) is 18.6. The predicted octanol–water partition coefficient (Wildman–Crippen LogP) is 3.32. The van der Waals surface area contributed by atoms with Crippen molar-refractivity contribution in [2.24, 2.45) is 0 Å².